The standard InChI is InChI=1S/C23H26N4O2S/c1-29-20-9-5-8-19(14-20)21-17-30-23(25-21)27-12-10-26(11-13-27)16-22(28)24-15-18-6-3-2-4-7-18/h2-9,14,17H,10-13,15-16H2,1H3,(H,24,28). The molecule has 2 heterocycles. The Hall–Kier alpha value is -2.90. The molecule has 1 aromatic heterocycles. The number of anilines is 1. The first-order chi connectivity index (χ1) is 14.7. The molecule has 1 fully saturated rings. The third-order valence-corrected chi connectivity index (χ3v) is 6.10. The van der Waals surface area contributed by atoms with E-state index in [0.717, 1.165) is 53.9 Å². The Morgan fingerprint density at radius 1 is 1.10 bits per heavy atom. The van der Waals surface area contributed by atoms with Crippen LogP contribution in [0.5, 0.6) is 5.75 Å². The molecule has 0 unspecified atom stereocenters. The molecule has 1 aliphatic heterocycles. The van der Waals surface area contributed by atoms with Gasteiger partial charge in [-0.2, -0.15) is 0 Å². The molecule has 1 aliphatic rings. The van der Waals surface area contributed by atoms with Crippen LogP contribution in [0, 0.1) is 0 Å². The van der Waals surface area contributed by atoms with Crippen molar-refractivity contribution in [3.05, 3.63) is 65.5 Å². The first kappa shape index (κ1) is 20.4. The van der Waals surface area contributed by atoms with Gasteiger partial charge in [0.15, 0.2) is 5.13 Å². The molecule has 30 heavy (non-hydrogen) atoms. The summed E-state index contributed by atoms with van der Waals surface area (Å²) in [4.78, 5) is 21.6. The Morgan fingerprint density at radius 2 is 1.90 bits per heavy atom. The molecule has 1 saturated heterocycles. The van der Waals surface area contributed by atoms with Gasteiger partial charge in [-0.25, -0.2) is 4.98 Å². The highest BCUT2D eigenvalue weighted by molar-refractivity contribution is 7.14. The molecule has 2 aromatic carbocycles. The van der Waals surface area contributed by atoms with Crippen molar-refractivity contribution in [2.24, 2.45) is 0 Å². The van der Waals surface area contributed by atoms with Crippen molar-refractivity contribution in [3.63, 3.8) is 0 Å². The van der Waals surface area contributed by atoms with Crippen LogP contribution in [0.4, 0.5) is 5.13 Å². The second-order valence-corrected chi connectivity index (χ2v) is 8.11. The SMILES string of the molecule is COc1cccc(-c2csc(N3CCN(CC(=O)NCc4ccccc4)CC3)n2)c1. The Kier molecular flexibility index (Phi) is 6.61. The van der Waals surface area contributed by atoms with Gasteiger partial charge in [0.2, 0.25) is 5.91 Å². The highest BCUT2D eigenvalue weighted by Crippen LogP contribution is 2.29. The normalized spacial score (nSPS) is 14.5. The van der Waals surface area contributed by atoms with Crippen LogP contribution in [0.3, 0.4) is 0 Å². The van der Waals surface area contributed by atoms with E-state index in [1.165, 1.54) is 0 Å². The average molecular weight is 423 g/mol. The van der Waals surface area contributed by atoms with Gasteiger partial charge in [0.1, 0.15) is 5.75 Å². The second kappa shape index (κ2) is 9.73. The minimum Gasteiger partial charge on any atom is -0.497 e. The Bertz CT molecular complexity index is 968. The molecule has 0 radical (unpaired) electrons. The molecule has 0 bridgehead atoms. The number of aromatic nitrogens is 1. The number of carbonyl (C=O) groups is 1. The van der Waals surface area contributed by atoms with Crippen LogP contribution in [0.25, 0.3) is 11.3 Å². The summed E-state index contributed by atoms with van der Waals surface area (Å²) in [5, 5.41) is 6.12. The number of thiazole rings is 1. The van der Waals surface area contributed by atoms with Crippen LogP contribution in [0.1, 0.15) is 5.56 Å². The predicted molar refractivity (Wildman–Crippen MR) is 121 cm³/mol. The number of methoxy groups -OCH3 is 1. The van der Waals surface area contributed by atoms with E-state index in [2.05, 4.69) is 20.5 Å². The summed E-state index contributed by atoms with van der Waals surface area (Å²) < 4.78 is 5.31. The van der Waals surface area contributed by atoms with E-state index in [-0.39, 0.29) is 5.91 Å². The van der Waals surface area contributed by atoms with Gasteiger partial charge in [-0.15, -0.1) is 11.3 Å². The number of benzene rings is 2. The van der Waals surface area contributed by atoms with Gasteiger partial charge in [-0.3, -0.25) is 9.69 Å². The summed E-state index contributed by atoms with van der Waals surface area (Å²) in [5.74, 6) is 0.906. The smallest absolute Gasteiger partial charge is 0.234 e. The number of hydrogen-bond donors (Lipinski definition) is 1. The monoisotopic (exact) mass is 422 g/mol. The molecule has 7 heteroatoms. The maximum atomic E-state index is 12.3. The van der Waals surface area contributed by atoms with Crippen molar-refractivity contribution < 1.29 is 9.53 Å². The van der Waals surface area contributed by atoms with Crippen LogP contribution in [-0.4, -0.2) is 55.6 Å². The van der Waals surface area contributed by atoms with Gasteiger partial charge < -0.3 is 15.0 Å². The van der Waals surface area contributed by atoms with E-state index < -0.39 is 0 Å². The minimum absolute atomic E-state index is 0.0712. The van der Waals surface area contributed by atoms with Gasteiger partial charge in [0.05, 0.1) is 19.3 Å². The third-order valence-electron chi connectivity index (χ3n) is 5.20. The van der Waals surface area contributed by atoms with Crippen LogP contribution in [-0.2, 0) is 11.3 Å². The van der Waals surface area contributed by atoms with Gasteiger partial charge >= 0.3 is 0 Å². The Balaban J connectivity index is 1.26. The number of nitrogens with zero attached hydrogens (tertiary/aromatic N) is 3. The molecular weight excluding hydrogens is 396 g/mol. The first-order valence-corrected chi connectivity index (χ1v) is 11.0. The Labute approximate surface area is 181 Å². The van der Waals surface area contributed by atoms with Crippen molar-refractivity contribution in [2.45, 2.75) is 6.54 Å². The Morgan fingerprint density at radius 3 is 2.67 bits per heavy atom. The molecule has 0 atom stereocenters. The van der Waals surface area contributed by atoms with Crippen LogP contribution in [0.2, 0.25) is 0 Å². The molecule has 156 valence electrons. The average Bonchev–Trinajstić information content (AvgIpc) is 3.29. The second-order valence-electron chi connectivity index (χ2n) is 7.27. The number of rotatable bonds is 7. The lowest BCUT2D eigenvalue weighted by atomic mass is 10.2. The highest BCUT2D eigenvalue weighted by Gasteiger charge is 2.21. The van der Waals surface area contributed by atoms with Crippen LogP contribution >= 0.6 is 11.3 Å². The summed E-state index contributed by atoms with van der Waals surface area (Å²) >= 11 is 1.66. The zero-order valence-corrected chi connectivity index (χ0v) is 17.9. The number of carbonyl (C=O) groups excluding carboxylic acids is 1. The highest BCUT2D eigenvalue weighted by atomic mass is 32.1. The number of nitrogens with one attached hydrogen (secondary N) is 1. The topological polar surface area (TPSA) is 57.7 Å². The van der Waals surface area contributed by atoms with Crippen molar-refractivity contribution in [3.8, 4) is 17.0 Å². The fourth-order valence-electron chi connectivity index (χ4n) is 3.48. The fraction of sp³-hybridized carbons (Fsp3) is 0.304. The summed E-state index contributed by atoms with van der Waals surface area (Å²) in [5.41, 5.74) is 3.15. The zero-order valence-electron chi connectivity index (χ0n) is 17.1. The maximum Gasteiger partial charge on any atom is 0.234 e. The largest absolute Gasteiger partial charge is 0.497 e. The zero-order chi connectivity index (χ0) is 20.8. The van der Waals surface area contributed by atoms with Crippen molar-refractivity contribution in [1.29, 1.82) is 0 Å². The minimum atomic E-state index is 0.0712. The molecule has 0 saturated carbocycles. The lowest BCUT2D eigenvalue weighted by Crippen LogP contribution is -2.49. The lowest BCUT2D eigenvalue weighted by Gasteiger charge is -2.34. The van der Waals surface area contributed by atoms with Crippen LogP contribution in [0.15, 0.2) is 60.0 Å². The molecule has 0 aliphatic carbocycles. The summed E-state index contributed by atoms with van der Waals surface area (Å²) in [6.45, 7) is 4.47. The maximum absolute atomic E-state index is 12.3. The van der Waals surface area contributed by atoms with E-state index >= 15 is 0 Å². The summed E-state index contributed by atoms with van der Waals surface area (Å²) in [6.07, 6.45) is 0. The van der Waals surface area contributed by atoms with E-state index in [4.69, 9.17) is 9.72 Å². The quantitative estimate of drug-likeness (QED) is 0.633. The molecule has 4 rings (SSSR count). The predicted octanol–water partition coefficient (Wildman–Crippen LogP) is 3.26. The molecule has 3 aromatic rings. The van der Waals surface area contributed by atoms with E-state index in [1.54, 1.807) is 18.4 Å². The van der Waals surface area contributed by atoms with Crippen molar-refractivity contribution in [2.75, 3.05) is 44.7 Å². The van der Waals surface area contributed by atoms with Crippen LogP contribution < -0.4 is 15.0 Å². The van der Waals surface area contributed by atoms with Gasteiger partial charge in [-0.1, -0.05) is 42.5 Å². The molecule has 6 nitrogen and oxygen atoms in total. The lowest BCUT2D eigenvalue weighted by molar-refractivity contribution is -0.122. The van der Waals surface area contributed by atoms with Crippen molar-refractivity contribution in [1.82, 2.24) is 15.2 Å². The molecular formula is C23H26N4O2S. The van der Waals surface area contributed by atoms with E-state index in [0.29, 0.717) is 13.1 Å². The van der Waals surface area contributed by atoms with Gasteiger partial charge in [0.25, 0.3) is 0 Å². The number of amides is 1. The van der Waals surface area contributed by atoms with Gasteiger partial charge in [0, 0.05) is 43.7 Å². The molecule has 1 amide bonds. The summed E-state index contributed by atoms with van der Waals surface area (Å²) in [6, 6.07) is 18.0. The van der Waals surface area contributed by atoms with Gasteiger partial charge in [-0.05, 0) is 17.7 Å². The first-order valence-electron chi connectivity index (χ1n) is 10.1. The van der Waals surface area contributed by atoms with E-state index in [1.807, 2.05) is 54.6 Å². The fourth-order valence-corrected chi connectivity index (χ4v) is 4.37. The van der Waals surface area contributed by atoms with Crippen molar-refractivity contribution >= 4 is 22.4 Å². The number of hydrogen-bond acceptors (Lipinski definition) is 6. The number of ether oxygens (including phenoxy) is 1. The van der Waals surface area contributed by atoms with E-state index in [9.17, 15) is 4.79 Å². The molecule has 0 spiro atoms. The molecule has 1 N–H and O–H groups in total. The summed E-state index contributed by atoms with van der Waals surface area (Å²) in [7, 11) is 1.67. The third kappa shape index (κ3) is 5.17. The number of piperazine rings is 1.